The molecule has 3 rings (SSSR count). The van der Waals surface area contributed by atoms with Gasteiger partial charge in [0.25, 0.3) is 0 Å². The number of benzene rings is 2. The fourth-order valence-electron chi connectivity index (χ4n) is 2.71. The van der Waals surface area contributed by atoms with E-state index < -0.39 is 0 Å². The Hall–Kier alpha value is -3.59. The van der Waals surface area contributed by atoms with Gasteiger partial charge >= 0.3 is 0 Å². The molecule has 0 radical (unpaired) electrons. The summed E-state index contributed by atoms with van der Waals surface area (Å²) >= 11 is 0. The number of aromatic nitrogens is 2. The second-order valence-corrected chi connectivity index (χ2v) is 5.81. The Morgan fingerprint density at radius 3 is 2.56 bits per heavy atom. The van der Waals surface area contributed by atoms with E-state index in [1.165, 1.54) is 0 Å². The maximum absolute atomic E-state index is 8.90. The van der Waals surface area contributed by atoms with E-state index in [2.05, 4.69) is 21.4 Å². The normalized spacial score (nSPS) is 10.1. The lowest BCUT2D eigenvalue weighted by Gasteiger charge is -2.11. The van der Waals surface area contributed by atoms with Gasteiger partial charge in [-0.1, -0.05) is 12.1 Å². The van der Waals surface area contributed by atoms with E-state index in [-0.39, 0.29) is 0 Å². The van der Waals surface area contributed by atoms with E-state index in [4.69, 9.17) is 14.7 Å². The first kappa shape index (κ1) is 18.2. The summed E-state index contributed by atoms with van der Waals surface area (Å²) in [5.74, 6) is 2.17. The molecule has 1 N–H and O–H groups in total. The van der Waals surface area contributed by atoms with Gasteiger partial charge in [-0.2, -0.15) is 5.26 Å². The van der Waals surface area contributed by atoms with Crippen LogP contribution in [0.5, 0.6) is 11.5 Å². The molecule has 0 fully saturated rings. The molecule has 0 saturated heterocycles. The first-order chi connectivity index (χ1) is 13.2. The first-order valence-corrected chi connectivity index (χ1v) is 8.52. The average molecular weight is 360 g/mol. The molecular formula is C21H20N4O2. The summed E-state index contributed by atoms with van der Waals surface area (Å²) in [5, 5.41) is 12.1. The van der Waals surface area contributed by atoms with Crippen molar-refractivity contribution in [1.29, 1.82) is 5.26 Å². The highest BCUT2D eigenvalue weighted by Gasteiger charge is 2.06. The van der Waals surface area contributed by atoms with Crippen molar-refractivity contribution in [2.24, 2.45) is 0 Å². The summed E-state index contributed by atoms with van der Waals surface area (Å²) in [6.07, 6.45) is 2.46. The zero-order valence-electron chi connectivity index (χ0n) is 15.3. The largest absolute Gasteiger partial charge is 0.497 e. The number of nitriles is 1. The van der Waals surface area contributed by atoms with Gasteiger partial charge in [-0.15, -0.1) is 0 Å². The summed E-state index contributed by atoms with van der Waals surface area (Å²) < 4.78 is 10.7. The number of methoxy groups -OCH3 is 2. The van der Waals surface area contributed by atoms with Gasteiger partial charge < -0.3 is 14.8 Å². The summed E-state index contributed by atoms with van der Waals surface area (Å²) in [6.45, 7) is 0.653. The first-order valence-electron chi connectivity index (χ1n) is 8.52. The highest BCUT2D eigenvalue weighted by Crippen LogP contribution is 2.24. The molecule has 0 aliphatic heterocycles. The van der Waals surface area contributed by atoms with E-state index in [9.17, 15) is 0 Å². The van der Waals surface area contributed by atoms with E-state index in [1.807, 2.05) is 36.4 Å². The third-order valence-corrected chi connectivity index (χ3v) is 4.13. The average Bonchev–Trinajstić information content (AvgIpc) is 2.74. The highest BCUT2D eigenvalue weighted by atomic mass is 16.5. The maximum Gasteiger partial charge on any atom is 0.223 e. The van der Waals surface area contributed by atoms with Crippen LogP contribution in [0.2, 0.25) is 0 Å². The highest BCUT2D eigenvalue weighted by molar-refractivity contribution is 5.61. The van der Waals surface area contributed by atoms with Crippen LogP contribution in [0.1, 0.15) is 11.1 Å². The second kappa shape index (κ2) is 8.68. The van der Waals surface area contributed by atoms with Crippen molar-refractivity contribution in [3.8, 4) is 28.8 Å². The monoisotopic (exact) mass is 360 g/mol. The van der Waals surface area contributed by atoms with Gasteiger partial charge in [0.15, 0.2) is 0 Å². The molecule has 0 saturated carbocycles. The minimum atomic E-state index is 0.554. The lowest BCUT2D eigenvalue weighted by molar-refractivity contribution is 0.399. The van der Waals surface area contributed by atoms with Gasteiger partial charge in [-0.05, 0) is 48.4 Å². The molecule has 0 amide bonds. The van der Waals surface area contributed by atoms with Gasteiger partial charge in [0.05, 0.1) is 31.5 Å². The van der Waals surface area contributed by atoms with Gasteiger partial charge in [0.2, 0.25) is 5.95 Å². The molecule has 3 aromatic rings. The molecule has 2 aromatic carbocycles. The van der Waals surface area contributed by atoms with Crippen LogP contribution in [0.3, 0.4) is 0 Å². The van der Waals surface area contributed by atoms with Crippen LogP contribution in [-0.4, -0.2) is 30.7 Å². The maximum atomic E-state index is 8.90. The van der Waals surface area contributed by atoms with Crippen LogP contribution < -0.4 is 14.8 Å². The lowest BCUT2D eigenvalue weighted by atomic mass is 10.1. The van der Waals surface area contributed by atoms with Crippen LogP contribution in [0.4, 0.5) is 5.95 Å². The Morgan fingerprint density at radius 1 is 1.04 bits per heavy atom. The van der Waals surface area contributed by atoms with Crippen molar-refractivity contribution in [1.82, 2.24) is 9.97 Å². The predicted molar refractivity (Wildman–Crippen MR) is 104 cm³/mol. The molecule has 0 unspecified atom stereocenters. The number of ether oxygens (including phenoxy) is 2. The third-order valence-electron chi connectivity index (χ3n) is 4.13. The summed E-state index contributed by atoms with van der Waals surface area (Å²) in [7, 11) is 3.30. The molecule has 136 valence electrons. The molecular weight excluding hydrogens is 340 g/mol. The number of hydrogen-bond donors (Lipinski definition) is 1. The number of anilines is 1. The van der Waals surface area contributed by atoms with Crippen molar-refractivity contribution >= 4 is 5.95 Å². The van der Waals surface area contributed by atoms with Crippen LogP contribution in [0.15, 0.2) is 54.7 Å². The molecule has 0 aliphatic rings. The standard InChI is InChI=1S/C21H20N4O2/c1-26-18-7-8-20(27-2)17(13-18)9-11-23-21-24-12-10-19(25-21)16-5-3-15(14-22)4-6-16/h3-8,10,12-13H,9,11H2,1-2H3,(H,23,24,25). The smallest absolute Gasteiger partial charge is 0.223 e. The summed E-state index contributed by atoms with van der Waals surface area (Å²) in [4.78, 5) is 8.82. The Morgan fingerprint density at radius 2 is 1.85 bits per heavy atom. The van der Waals surface area contributed by atoms with E-state index >= 15 is 0 Å². The Balaban J connectivity index is 1.68. The van der Waals surface area contributed by atoms with Crippen molar-refractivity contribution < 1.29 is 9.47 Å². The molecule has 27 heavy (non-hydrogen) atoms. The minimum absolute atomic E-state index is 0.554. The fourth-order valence-corrected chi connectivity index (χ4v) is 2.71. The third kappa shape index (κ3) is 4.53. The summed E-state index contributed by atoms with van der Waals surface area (Å²) in [6, 6.07) is 17.0. The van der Waals surface area contributed by atoms with Gasteiger partial charge in [0, 0.05) is 18.3 Å². The Bertz CT molecular complexity index is 949. The predicted octanol–water partition coefficient (Wildman–Crippen LogP) is 3.69. The zero-order chi connectivity index (χ0) is 19.1. The summed E-state index contributed by atoms with van der Waals surface area (Å²) in [5.41, 5.74) is 3.41. The molecule has 6 heteroatoms. The topological polar surface area (TPSA) is 80.1 Å². The van der Waals surface area contributed by atoms with Crippen LogP contribution in [0, 0.1) is 11.3 Å². The molecule has 0 aliphatic carbocycles. The van der Waals surface area contributed by atoms with E-state index in [0.717, 1.165) is 34.7 Å². The van der Waals surface area contributed by atoms with Crippen molar-refractivity contribution in [3.63, 3.8) is 0 Å². The number of nitrogens with zero attached hydrogens (tertiary/aromatic N) is 3. The van der Waals surface area contributed by atoms with E-state index in [1.54, 1.807) is 32.5 Å². The van der Waals surface area contributed by atoms with Crippen LogP contribution in [0.25, 0.3) is 11.3 Å². The molecule has 6 nitrogen and oxygen atoms in total. The SMILES string of the molecule is COc1ccc(OC)c(CCNc2nccc(-c3ccc(C#N)cc3)n2)c1. The van der Waals surface area contributed by atoms with Gasteiger partial charge in [0.1, 0.15) is 11.5 Å². The molecule has 1 heterocycles. The van der Waals surface area contributed by atoms with Crippen molar-refractivity contribution in [2.45, 2.75) is 6.42 Å². The minimum Gasteiger partial charge on any atom is -0.497 e. The lowest BCUT2D eigenvalue weighted by Crippen LogP contribution is -2.09. The fraction of sp³-hybridized carbons (Fsp3) is 0.190. The quantitative estimate of drug-likeness (QED) is 0.692. The molecule has 0 bridgehead atoms. The number of nitrogens with one attached hydrogen (secondary N) is 1. The number of hydrogen-bond acceptors (Lipinski definition) is 6. The van der Waals surface area contributed by atoms with Gasteiger partial charge in [-0.25, -0.2) is 9.97 Å². The Labute approximate surface area is 158 Å². The van der Waals surface area contributed by atoms with Gasteiger partial charge in [-0.3, -0.25) is 0 Å². The van der Waals surface area contributed by atoms with Crippen LogP contribution in [-0.2, 0) is 6.42 Å². The van der Waals surface area contributed by atoms with Crippen LogP contribution >= 0.6 is 0 Å². The zero-order valence-corrected chi connectivity index (χ0v) is 15.3. The second-order valence-electron chi connectivity index (χ2n) is 5.81. The molecule has 0 spiro atoms. The Kier molecular flexibility index (Phi) is 5.85. The number of rotatable bonds is 7. The molecule has 1 aromatic heterocycles. The van der Waals surface area contributed by atoms with E-state index in [0.29, 0.717) is 18.1 Å². The van der Waals surface area contributed by atoms with Crippen molar-refractivity contribution in [3.05, 3.63) is 65.9 Å². The molecule has 0 atom stereocenters. The van der Waals surface area contributed by atoms with Crippen molar-refractivity contribution in [2.75, 3.05) is 26.1 Å².